The Labute approximate surface area is 132 Å². The van der Waals surface area contributed by atoms with E-state index in [1.165, 1.54) is 6.07 Å². The van der Waals surface area contributed by atoms with Crippen molar-refractivity contribution in [2.75, 3.05) is 6.61 Å². The van der Waals surface area contributed by atoms with Crippen molar-refractivity contribution in [3.63, 3.8) is 0 Å². The highest BCUT2D eigenvalue weighted by molar-refractivity contribution is 5.76. The monoisotopic (exact) mass is 327 g/mol. The normalized spacial score (nSPS) is 20.3. The third kappa shape index (κ3) is 5.19. The molecule has 1 amide bonds. The van der Waals surface area contributed by atoms with Crippen LogP contribution in [-0.4, -0.2) is 29.6 Å². The van der Waals surface area contributed by atoms with Gasteiger partial charge in [-0.2, -0.15) is 0 Å². The van der Waals surface area contributed by atoms with E-state index in [-0.39, 0.29) is 36.6 Å². The largest absolute Gasteiger partial charge is 0.491 e. The Kier molecular flexibility index (Phi) is 5.90. The zero-order chi connectivity index (χ0) is 16.8. The summed E-state index contributed by atoms with van der Waals surface area (Å²) in [4.78, 5) is 22.6. The molecule has 0 spiro atoms. The van der Waals surface area contributed by atoms with Crippen LogP contribution in [0.15, 0.2) is 18.2 Å². The van der Waals surface area contributed by atoms with Crippen LogP contribution in [0.1, 0.15) is 32.1 Å². The lowest BCUT2D eigenvalue weighted by atomic mass is 10.1. The van der Waals surface area contributed by atoms with E-state index in [0.29, 0.717) is 25.7 Å². The third-order valence-corrected chi connectivity index (χ3v) is 3.85. The molecule has 23 heavy (non-hydrogen) atoms. The first-order chi connectivity index (χ1) is 11.0. The fraction of sp³-hybridized carbons (Fsp3) is 0.500. The molecule has 0 unspecified atom stereocenters. The van der Waals surface area contributed by atoms with E-state index in [2.05, 4.69) is 5.32 Å². The van der Waals surface area contributed by atoms with Gasteiger partial charge in [-0.3, -0.25) is 9.59 Å². The first-order valence-corrected chi connectivity index (χ1v) is 7.55. The van der Waals surface area contributed by atoms with Crippen LogP contribution in [0.2, 0.25) is 0 Å². The van der Waals surface area contributed by atoms with Crippen molar-refractivity contribution in [3.05, 3.63) is 29.8 Å². The van der Waals surface area contributed by atoms with Gasteiger partial charge in [-0.1, -0.05) is 0 Å². The fourth-order valence-electron chi connectivity index (χ4n) is 2.64. The average molecular weight is 327 g/mol. The molecule has 2 rings (SSSR count). The zero-order valence-electron chi connectivity index (χ0n) is 12.6. The topological polar surface area (TPSA) is 75.6 Å². The number of carboxylic acid groups (broad SMARTS) is 1. The number of hydrogen-bond donors (Lipinski definition) is 2. The van der Waals surface area contributed by atoms with E-state index in [0.717, 1.165) is 12.1 Å². The molecular weight excluding hydrogens is 308 g/mol. The van der Waals surface area contributed by atoms with E-state index < -0.39 is 17.6 Å². The van der Waals surface area contributed by atoms with Gasteiger partial charge in [0.2, 0.25) is 5.91 Å². The van der Waals surface area contributed by atoms with E-state index in [1.54, 1.807) is 0 Å². The molecule has 1 fully saturated rings. The Morgan fingerprint density at radius 2 is 2.09 bits per heavy atom. The molecule has 0 heterocycles. The second kappa shape index (κ2) is 7.89. The lowest BCUT2D eigenvalue weighted by Crippen LogP contribution is -2.33. The standard InChI is InChI=1S/C16H19F2NO4/c17-11-4-6-14(13(18)9-11)23-7-1-2-15(20)19-12-5-3-10(8-12)16(21)22/h4,6,9-10,12H,1-3,5,7-8H2,(H,19,20)(H,21,22)/t10-,12+/m0/s1. The summed E-state index contributed by atoms with van der Waals surface area (Å²) >= 11 is 0. The maximum atomic E-state index is 13.3. The summed E-state index contributed by atoms with van der Waals surface area (Å²) in [5.74, 6) is -2.89. The van der Waals surface area contributed by atoms with Gasteiger partial charge in [-0.05, 0) is 37.8 Å². The van der Waals surface area contributed by atoms with Gasteiger partial charge in [0.25, 0.3) is 0 Å². The number of carbonyl (C=O) groups is 2. The van der Waals surface area contributed by atoms with E-state index >= 15 is 0 Å². The van der Waals surface area contributed by atoms with Crippen LogP contribution >= 0.6 is 0 Å². The molecule has 1 saturated carbocycles. The van der Waals surface area contributed by atoms with Crippen LogP contribution in [0.3, 0.4) is 0 Å². The Morgan fingerprint density at radius 1 is 1.30 bits per heavy atom. The van der Waals surface area contributed by atoms with E-state index in [1.807, 2.05) is 0 Å². The Morgan fingerprint density at radius 3 is 2.74 bits per heavy atom. The van der Waals surface area contributed by atoms with Crippen LogP contribution in [0.5, 0.6) is 5.75 Å². The number of nitrogens with one attached hydrogen (secondary N) is 1. The lowest BCUT2D eigenvalue weighted by Gasteiger charge is -2.12. The Bertz CT molecular complexity index is 579. The summed E-state index contributed by atoms with van der Waals surface area (Å²) < 4.78 is 31.2. The van der Waals surface area contributed by atoms with Crippen molar-refractivity contribution < 1.29 is 28.2 Å². The number of halogens is 2. The van der Waals surface area contributed by atoms with Crippen molar-refractivity contribution >= 4 is 11.9 Å². The number of amides is 1. The zero-order valence-corrected chi connectivity index (χ0v) is 12.6. The molecule has 0 bridgehead atoms. The van der Waals surface area contributed by atoms with Crippen molar-refractivity contribution in [3.8, 4) is 5.75 Å². The van der Waals surface area contributed by atoms with Crippen molar-refractivity contribution in [2.45, 2.75) is 38.1 Å². The molecule has 1 aliphatic carbocycles. The SMILES string of the molecule is O=C(CCCOc1ccc(F)cc1F)N[C@@H]1CC[C@H](C(=O)O)C1. The predicted octanol–water partition coefficient (Wildman–Crippen LogP) is 2.49. The summed E-state index contributed by atoms with van der Waals surface area (Å²) in [6.45, 7) is 0.137. The van der Waals surface area contributed by atoms with Gasteiger partial charge in [-0.25, -0.2) is 8.78 Å². The Balaban J connectivity index is 1.64. The van der Waals surface area contributed by atoms with Gasteiger partial charge in [0.15, 0.2) is 11.6 Å². The molecule has 2 N–H and O–H groups in total. The van der Waals surface area contributed by atoms with Crippen LogP contribution in [0.4, 0.5) is 8.78 Å². The minimum absolute atomic E-state index is 0.0492. The lowest BCUT2D eigenvalue weighted by molar-refractivity contribution is -0.141. The molecule has 2 atom stereocenters. The highest BCUT2D eigenvalue weighted by atomic mass is 19.1. The fourth-order valence-corrected chi connectivity index (χ4v) is 2.64. The molecule has 0 aliphatic heterocycles. The molecule has 5 nitrogen and oxygen atoms in total. The summed E-state index contributed by atoms with van der Waals surface area (Å²) in [7, 11) is 0. The summed E-state index contributed by atoms with van der Waals surface area (Å²) in [6, 6.07) is 2.94. The minimum atomic E-state index is -0.823. The molecular formula is C16H19F2NO4. The van der Waals surface area contributed by atoms with E-state index in [9.17, 15) is 18.4 Å². The second-order valence-corrected chi connectivity index (χ2v) is 5.64. The summed E-state index contributed by atoms with van der Waals surface area (Å²) in [5, 5.41) is 11.7. The van der Waals surface area contributed by atoms with Crippen LogP contribution in [-0.2, 0) is 9.59 Å². The summed E-state index contributed by atoms with van der Waals surface area (Å²) in [5.41, 5.74) is 0. The van der Waals surface area contributed by atoms with Gasteiger partial charge >= 0.3 is 5.97 Å². The minimum Gasteiger partial charge on any atom is -0.491 e. The molecule has 0 aromatic heterocycles. The first-order valence-electron chi connectivity index (χ1n) is 7.55. The average Bonchev–Trinajstić information content (AvgIpc) is 2.94. The van der Waals surface area contributed by atoms with Crippen molar-refractivity contribution in [1.29, 1.82) is 0 Å². The highest BCUT2D eigenvalue weighted by Gasteiger charge is 2.30. The number of ether oxygens (including phenoxy) is 1. The van der Waals surface area contributed by atoms with Crippen LogP contribution < -0.4 is 10.1 Å². The second-order valence-electron chi connectivity index (χ2n) is 5.64. The number of hydrogen-bond acceptors (Lipinski definition) is 3. The summed E-state index contributed by atoms with van der Waals surface area (Å²) in [6.07, 6.45) is 2.29. The van der Waals surface area contributed by atoms with E-state index in [4.69, 9.17) is 9.84 Å². The third-order valence-electron chi connectivity index (χ3n) is 3.85. The van der Waals surface area contributed by atoms with Gasteiger partial charge in [0.1, 0.15) is 5.82 Å². The van der Waals surface area contributed by atoms with Gasteiger partial charge in [0.05, 0.1) is 12.5 Å². The quantitative estimate of drug-likeness (QED) is 0.755. The molecule has 7 heteroatoms. The number of carboxylic acids is 1. The predicted molar refractivity (Wildman–Crippen MR) is 78.0 cm³/mol. The first kappa shape index (κ1) is 17.2. The molecule has 0 radical (unpaired) electrons. The molecule has 1 aliphatic rings. The molecule has 1 aromatic rings. The maximum absolute atomic E-state index is 13.3. The molecule has 0 saturated heterocycles. The molecule has 1 aromatic carbocycles. The Hall–Kier alpha value is -2.18. The molecule has 126 valence electrons. The van der Waals surface area contributed by atoms with Crippen LogP contribution in [0.25, 0.3) is 0 Å². The van der Waals surface area contributed by atoms with Crippen LogP contribution in [0, 0.1) is 17.6 Å². The van der Waals surface area contributed by atoms with Gasteiger partial charge in [-0.15, -0.1) is 0 Å². The van der Waals surface area contributed by atoms with Gasteiger partial charge in [0, 0.05) is 18.5 Å². The highest BCUT2D eigenvalue weighted by Crippen LogP contribution is 2.25. The van der Waals surface area contributed by atoms with Crippen molar-refractivity contribution in [1.82, 2.24) is 5.32 Å². The van der Waals surface area contributed by atoms with Crippen molar-refractivity contribution in [2.24, 2.45) is 5.92 Å². The maximum Gasteiger partial charge on any atom is 0.306 e. The number of benzene rings is 1. The smallest absolute Gasteiger partial charge is 0.306 e. The number of carbonyl (C=O) groups excluding carboxylic acids is 1. The number of rotatable bonds is 7. The number of aliphatic carboxylic acids is 1. The van der Waals surface area contributed by atoms with Gasteiger partial charge < -0.3 is 15.2 Å².